The van der Waals surface area contributed by atoms with Crippen LogP contribution in [0.25, 0.3) is 0 Å². The smallest absolute Gasteiger partial charge is 0.0366 e. The maximum absolute atomic E-state index is 6.08. The summed E-state index contributed by atoms with van der Waals surface area (Å²) < 4.78 is 0. The van der Waals surface area contributed by atoms with Gasteiger partial charge in [0.1, 0.15) is 0 Å². The third-order valence-electron chi connectivity index (χ3n) is 4.45. The summed E-state index contributed by atoms with van der Waals surface area (Å²) in [4.78, 5) is 3.84. The molecule has 1 aromatic carbocycles. The molecule has 0 bridgehead atoms. The van der Waals surface area contributed by atoms with E-state index in [1.165, 1.54) is 10.6 Å². The highest BCUT2D eigenvalue weighted by Gasteiger charge is 2.32. The van der Waals surface area contributed by atoms with Gasteiger partial charge in [0.2, 0.25) is 0 Å². The fourth-order valence-electron chi connectivity index (χ4n) is 2.97. The van der Waals surface area contributed by atoms with Gasteiger partial charge >= 0.3 is 0 Å². The summed E-state index contributed by atoms with van der Waals surface area (Å²) in [7, 11) is 0. The fraction of sp³-hybridized carbons (Fsp3) is 0.412. The van der Waals surface area contributed by atoms with E-state index >= 15 is 0 Å². The van der Waals surface area contributed by atoms with E-state index in [0.29, 0.717) is 6.54 Å². The number of anilines is 1. The lowest BCUT2D eigenvalue weighted by Gasteiger charge is -2.42. The molecule has 2 heterocycles. The molecule has 0 spiro atoms. The lowest BCUT2D eigenvalue weighted by molar-refractivity contribution is 0.265. The van der Waals surface area contributed by atoms with E-state index in [9.17, 15) is 0 Å². The average Bonchev–Trinajstić information content (AvgIpc) is 3.08. The average molecular weight is 301 g/mol. The Labute approximate surface area is 130 Å². The van der Waals surface area contributed by atoms with Crippen molar-refractivity contribution in [3.63, 3.8) is 0 Å². The van der Waals surface area contributed by atoms with Crippen molar-refractivity contribution < 1.29 is 0 Å². The van der Waals surface area contributed by atoms with E-state index in [4.69, 9.17) is 5.73 Å². The molecule has 1 fully saturated rings. The first kappa shape index (κ1) is 14.6. The topological polar surface area (TPSA) is 41.3 Å². The van der Waals surface area contributed by atoms with Crippen molar-refractivity contribution in [1.82, 2.24) is 5.32 Å². The number of piperidine rings is 1. The molecule has 3 N–H and O–H groups in total. The van der Waals surface area contributed by atoms with Crippen molar-refractivity contribution >= 4 is 17.0 Å². The number of nitrogens with zero attached hydrogens (tertiary/aromatic N) is 1. The van der Waals surface area contributed by atoms with Gasteiger partial charge in [0, 0.05) is 42.3 Å². The van der Waals surface area contributed by atoms with Gasteiger partial charge in [-0.2, -0.15) is 0 Å². The molecule has 1 aromatic heterocycles. The second kappa shape index (κ2) is 6.60. The van der Waals surface area contributed by atoms with Crippen molar-refractivity contribution in [1.29, 1.82) is 0 Å². The number of para-hydroxylation sites is 1. The van der Waals surface area contributed by atoms with Crippen LogP contribution in [0.3, 0.4) is 0 Å². The van der Waals surface area contributed by atoms with E-state index < -0.39 is 0 Å². The van der Waals surface area contributed by atoms with E-state index in [1.807, 2.05) is 0 Å². The molecule has 1 saturated heterocycles. The lowest BCUT2D eigenvalue weighted by Crippen LogP contribution is -2.57. The van der Waals surface area contributed by atoms with Gasteiger partial charge in [-0.15, -0.1) is 11.3 Å². The molecule has 4 heteroatoms. The summed E-state index contributed by atoms with van der Waals surface area (Å²) in [6.45, 7) is 3.78. The van der Waals surface area contributed by atoms with Crippen LogP contribution in [0.1, 0.15) is 17.7 Å². The molecular weight excluding hydrogens is 278 g/mol. The summed E-state index contributed by atoms with van der Waals surface area (Å²) in [5, 5.41) is 5.85. The van der Waals surface area contributed by atoms with Crippen molar-refractivity contribution in [2.45, 2.75) is 24.9 Å². The molecule has 1 aliphatic rings. The Morgan fingerprint density at radius 3 is 2.48 bits per heavy atom. The third-order valence-corrected chi connectivity index (χ3v) is 5.33. The normalized spacial score (nSPS) is 17.9. The summed E-state index contributed by atoms with van der Waals surface area (Å²) in [6.07, 6.45) is 2.20. The number of nitrogens with one attached hydrogen (secondary N) is 1. The van der Waals surface area contributed by atoms with Gasteiger partial charge < -0.3 is 16.0 Å². The van der Waals surface area contributed by atoms with Gasteiger partial charge in [0.15, 0.2) is 0 Å². The van der Waals surface area contributed by atoms with E-state index in [-0.39, 0.29) is 5.54 Å². The highest BCUT2D eigenvalue weighted by atomic mass is 32.1. The summed E-state index contributed by atoms with van der Waals surface area (Å²) in [6, 6.07) is 14.9. The Balaban J connectivity index is 1.59. The highest BCUT2D eigenvalue weighted by molar-refractivity contribution is 7.09. The standard InChI is InChI=1S/C17H23N3S/c18-14-17(19-13-16-7-4-12-21-16)8-10-20(11-9-17)15-5-2-1-3-6-15/h1-7,12,19H,8-11,13-14,18H2. The molecule has 21 heavy (non-hydrogen) atoms. The quantitative estimate of drug-likeness (QED) is 0.892. The Morgan fingerprint density at radius 2 is 1.86 bits per heavy atom. The van der Waals surface area contributed by atoms with Crippen molar-refractivity contribution in [3.05, 3.63) is 52.7 Å². The molecule has 1 aliphatic heterocycles. The van der Waals surface area contributed by atoms with Crippen LogP contribution < -0.4 is 16.0 Å². The van der Waals surface area contributed by atoms with Crippen molar-refractivity contribution in [3.8, 4) is 0 Å². The van der Waals surface area contributed by atoms with Gasteiger partial charge in [-0.05, 0) is 36.4 Å². The Kier molecular flexibility index (Phi) is 4.58. The van der Waals surface area contributed by atoms with E-state index in [0.717, 1.165) is 32.5 Å². The molecule has 2 aromatic rings. The molecule has 0 aliphatic carbocycles. The van der Waals surface area contributed by atoms with Crippen LogP contribution in [0.2, 0.25) is 0 Å². The number of benzene rings is 1. The number of nitrogens with two attached hydrogens (primary N) is 1. The number of hydrogen-bond acceptors (Lipinski definition) is 4. The number of hydrogen-bond donors (Lipinski definition) is 2. The molecule has 112 valence electrons. The van der Waals surface area contributed by atoms with Crippen LogP contribution in [0.4, 0.5) is 5.69 Å². The predicted molar refractivity (Wildman–Crippen MR) is 90.8 cm³/mol. The number of rotatable bonds is 5. The molecule has 0 unspecified atom stereocenters. The van der Waals surface area contributed by atoms with E-state index in [1.54, 1.807) is 11.3 Å². The van der Waals surface area contributed by atoms with Gasteiger partial charge in [-0.3, -0.25) is 0 Å². The molecule has 0 atom stereocenters. The molecule has 0 amide bonds. The maximum Gasteiger partial charge on any atom is 0.0366 e. The summed E-state index contributed by atoms with van der Waals surface area (Å²) in [5.41, 5.74) is 7.50. The van der Waals surface area contributed by atoms with Crippen LogP contribution in [-0.2, 0) is 6.54 Å². The third kappa shape index (κ3) is 3.46. The van der Waals surface area contributed by atoms with Crippen LogP contribution in [-0.4, -0.2) is 25.2 Å². The first-order chi connectivity index (χ1) is 10.3. The second-order valence-corrected chi connectivity index (χ2v) is 6.77. The second-order valence-electron chi connectivity index (χ2n) is 5.74. The van der Waals surface area contributed by atoms with Crippen molar-refractivity contribution in [2.75, 3.05) is 24.5 Å². The Morgan fingerprint density at radius 1 is 1.10 bits per heavy atom. The molecule has 3 nitrogen and oxygen atoms in total. The van der Waals surface area contributed by atoms with Gasteiger partial charge in [-0.25, -0.2) is 0 Å². The lowest BCUT2D eigenvalue weighted by atomic mass is 9.87. The minimum absolute atomic E-state index is 0.0925. The first-order valence-corrected chi connectivity index (χ1v) is 8.47. The Bertz CT molecular complexity index is 530. The zero-order valence-corrected chi connectivity index (χ0v) is 13.1. The molecule has 0 saturated carbocycles. The largest absolute Gasteiger partial charge is 0.371 e. The SMILES string of the molecule is NCC1(NCc2cccs2)CCN(c2ccccc2)CC1. The Hall–Kier alpha value is -1.36. The first-order valence-electron chi connectivity index (χ1n) is 7.59. The monoisotopic (exact) mass is 301 g/mol. The molecule has 3 rings (SSSR count). The predicted octanol–water partition coefficient (Wildman–Crippen LogP) is 2.84. The van der Waals surface area contributed by atoms with Crippen LogP contribution in [0.15, 0.2) is 47.8 Å². The summed E-state index contributed by atoms with van der Waals surface area (Å²) >= 11 is 1.80. The van der Waals surface area contributed by atoms with Gasteiger partial charge in [0.25, 0.3) is 0 Å². The van der Waals surface area contributed by atoms with E-state index in [2.05, 4.69) is 58.1 Å². The van der Waals surface area contributed by atoms with Crippen LogP contribution in [0, 0.1) is 0 Å². The van der Waals surface area contributed by atoms with Gasteiger partial charge in [-0.1, -0.05) is 24.3 Å². The minimum atomic E-state index is 0.0925. The zero-order valence-electron chi connectivity index (χ0n) is 12.3. The van der Waals surface area contributed by atoms with Crippen LogP contribution >= 0.6 is 11.3 Å². The number of thiophene rings is 1. The zero-order chi connectivity index (χ0) is 14.5. The van der Waals surface area contributed by atoms with Crippen LogP contribution in [0.5, 0.6) is 0 Å². The van der Waals surface area contributed by atoms with Gasteiger partial charge in [0.05, 0.1) is 0 Å². The maximum atomic E-state index is 6.08. The molecule has 0 radical (unpaired) electrons. The highest BCUT2D eigenvalue weighted by Crippen LogP contribution is 2.26. The summed E-state index contributed by atoms with van der Waals surface area (Å²) in [5.74, 6) is 0. The molecular formula is C17H23N3S. The minimum Gasteiger partial charge on any atom is -0.371 e. The fourth-order valence-corrected chi connectivity index (χ4v) is 3.62. The van der Waals surface area contributed by atoms with Crippen molar-refractivity contribution in [2.24, 2.45) is 5.73 Å².